The van der Waals surface area contributed by atoms with E-state index in [4.69, 9.17) is 0 Å². The average Bonchev–Trinajstić information content (AvgIpc) is 2.92. The third-order valence-corrected chi connectivity index (χ3v) is 4.94. The van der Waals surface area contributed by atoms with Gasteiger partial charge >= 0.3 is 0 Å². The van der Waals surface area contributed by atoms with Crippen molar-refractivity contribution in [1.29, 1.82) is 0 Å². The smallest absolute Gasteiger partial charge is 0.261 e. The van der Waals surface area contributed by atoms with Crippen molar-refractivity contribution in [3.05, 3.63) is 35.4 Å². The van der Waals surface area contributed by atoms with Crippen LogP contribution in [0.2, 0.25) is 0 Å². The highest BCUT2D eigenvalue weighted by atomic mass is 16.2. The third kappa shape index (κ3) is 3.47. The van der Waals surface area contributed by atoms with Gasteiger partial charge in [-0.2, -0.15) is 0 Å². The Morgan fingerprint density at radius 2 is 1.38 bits per heavy atom. The molecule has 4 amide bonds. The lowest BCUT2D eigenvalue weighted by Gasteiger charge is -2.34. The molecule has 2 heterocycles. The van der Waals surface area contributed by atoms with E-state index in [1.165, 1.54) is 4.90 Å². The second-order valence-corrected chi connectivity index (χ2v) is 6.53. The van der Waals surface area contributed by atoms with Crippen LogP contribution in [-0.4, -0.2) is 71.1 Å². The maximum atomic E-state index is 12.3. The van der Waals surface area contributed by atoms with Gasteiger partial charge in [0.25, 0.3) is 11.8 Å². The number of fused-ring (bicyclic) bond motifs is 1. The number of hydrogen-bond acceptors (Lipinski definition) is 4. The molecular formula is C19H23N3O4. The number of carbonyl (C=O) groups excluding carboxylic acids is 4. The normalized spacial score (nSPS) is 16.9. The van der Waals surface area contributed by atoms with Crippen LogP contribution in [0.5, 0.6) is 0 Å². The summed E-state index contributed by atoms with van der Waals surface area (Å²) in [5, 5.41) is 0. The lowest BCUT2D eigenvalue weighted by Crippen LogP contribution is -2.50. The molecule has 0 aromatic heterocycles. The zero-order valence-corrected chi connectivity index (χ0v) is 14.9. The first-order chi connectivity index (χ1) is 12.5. The van der Waals surface area contributed by atoms with Crippen molar-refractivity contribution in [3.8, 4) is 0 Å². The predicted molar refractivity (Wildman–Crippen MR) is 94.5 cm³/mol. The molecule has 0 unspecified atom stereocenters. The summed E-state index contributed by atoms with van der Waals surface area (Å²) in [4.78, 5) is 53.3. The Bertz CT molecular complexity index is 703. The fourth-order valence-electron chi connectivity index (χ4n) is 3.42. The Kier molecular flexibility index (Phi) is 5.35. The van der Waals surface area contributed by atoms with Crippen LogP contribution in [0.25, 0.3) is 0 Å². The van der Waals surface area contributed by atoms with Gasteiger partial charge in [-0.3, -0.25) is 24.1 Å². The zero-order valence-electron chi connectivity index (χ0n) is 14.9. The lowest BCUT2D eigenvalue weighted by molar-refractivity contribution is -0.139. The monoisotopic (exact) mass is 357 g/mol. The van der Waals surface area contributed by atoms with E-state index in [0.29, 0.717) is 50.1 Å². The molecule has 1 aromatic carbocycles. The molecule has 0 atom stereocenters. The van der Waals surface area contributed by atoms with E-state index in [2.05, 4.69) is 0 Å². The maximum Gasteiger partial charge on any atom is 0.261 e. The number of nitrogens with zero attached hydrogens (tertiary/aromatic N) is 3. The molecule has 0 bridgehead atoms. The van der Waals surface area contributed by atoms with Crippen LogP contribution in [0.15, 0.2) is 24.3 Å². The largest absolute Gasteiger partial charge is 0.339 e. The van der Waals surface area contributed by atoms with Gasteiger partial charge in [0.05, 0.1) is 11.1 Å². The fraction of sp³-hybridized carbons (Fsp3) is 0.474. The molecule has 0 N–H and O–H groups in total. The van der Waals surface area contributed by atoms with Crippen molar-refractivity contribution >= 4 is 23.6 Å². The van der Waals surface area contributed by atoms with Crippen molar-refractivity contribution in [1.82, 2.24) is 14.7 Å². The van der Waals surface area contributed by atoms with Gasteiger partial charge in [-0.1, -0.05) is 19.1 Å². The van der Waals surface area contributed by atoms with Gasteiger partial charge in [-0.25, -0.2) is 0 Å². The molecular weight excluding hydrogens is 334 g/mol. The topological polar surface area (TPSA) is 78.0 Å². The molecule has 1 fully saturated rings. The number of carbonyl (C=O) groups is 4. The minimum atomic E-state index is -0.287. The van der Waals surface area contributed by atoms with Gasteiger partial charge < -0.3 is 9.80 Å². The lowest BCUT2D eigenvalue weighted by atomic mass is 10.1. The predicted octanol–water partition coefficient (Wildman–Crippen LogP) is 1.14. The van der Waals surface area contributed by atoms with E-state index in [9.17, 15) is 19.2 Å². The van der Waals surface area contributed by atoms with Gasteiger partial charge in [0, 0.05) is 45.6 Å². The first-order valence-corrected chi connectivity index (χ1v) is 9.03. The molecule has 2 aliphatic rings. The summed E-state index contributed by atoms with van der Waals surface area (Å²) in [5.74, 6) is -0.456. The summed E-state index contributed by atoms with van der Waals surface area (Å²) in [7, 11) is 0. The van der Waals surface area contributed by atoms with E-state index >= 15 is 0 Å². The van der Waals surface area contributed by atoms with Crippen LogP contribution < -0.4 is 0 Å². The first kappa shape index (κ1) is 18.1. The van der Waals surface area contributed by atoms with E-state index in [1.54, 1.807) is 34.1 Å². The van der Waals surface area contributed by atoms with Gasteiger partial charge in [0.1, 0.15) is 0 Å². The Morgan fingerprint density at radius 3 is 1.88 bits per heavy atom. The van der Waals surface area contributed by atoms with E-state index in [0.717, 1.165) is 0 Å². The summed E-state index contributed by atoms with van der Waals surface area (Å²) in [6, 6.07) is 6.77. The van der Waals surface area contributed by atoms with Gasteiger partial charge in [0.2, 0.25) is 11.8 Å². The minimum Gasteiger partial charge on any atom is -0.339 e. The highest BCUT2D eigenvalue weighted by molar-refractivity contribution is 6.21. The quantitative estimate of drug-likeness (QED) is 0.741. The van der Waals surface area contributed by atoms with Gasteiger partial charge in [-0.15, -0.1) is 0 Å². The van der Waals surface area contributed by atoms with Crippen LogP contribution >= 0.6 is 0 Å². The standard InChI is InChI=1S/C19H23N3O4/c1-2-16(23)20-10-12-21(13-11-20)17(24)8-5-9-22-18(25)14-6-3-4-7-15(14)19(22)26/h3-4,6-7H,2,5,8-13H2,1H3. The number of benzene rings is 1. The molecule has 1 aromatic rings. The molecule has 26 heavy (non-hydrogen) atoms. The van der Waals surface area contributed by atoms with Crippen LogP contribution in [0.4, 0.5) is 0 Å². The van der Waals surface area contributed by atoms with E-state index in [-0.39, 0.29) is 36.6 Å². The van der Waals surface area contributed by atoms with Crippen molar-refractivity contribution in [2.24, 2.45) is 0 Å². The molecule has 7 nitrogen and oxygen atoms in total. The molecule has 3 rings (SSSR count). The Labute approximate surface area is 152 Å². The Hall–Kier alpha value is -2.70. The van der Waals surface area contributed by atoms with Gasteiger partial charge in [-0.05, 0) is 18.6 Å². The summed E-state index contributed by atoms with van der Waals surface area (Å²) < 4.78 is 0. The van der Waals surface area contributed by atoms with Crippen molar-refractivity contribution in [2.75, 3.05) is 32.7 Å². The second-order valence-electron chi connectivity index (χ2n) is 6.53. The van der Waals surface area contributed by atoms with Crippen LogP contribution in [0, 0.1) is 0 Å². The van der Waals surface area contributed by atoms with Crippen molar-refractivity contribution < 1.29 is 19.2 Å². The molecule has 0 aliphatic carbocycles. The fourth-order valence-corrected chi connectivity index (χ4v) is 3.42. The summed E-state index contributed by atoms with van der Waals surface area (Å²) in [6.45, 7) is 4.29. The number of piperazine rings is 1. The molecule has 1 saturated heterocycles. The molecule has 0 saturated carbocycles. The van der Waals surface area contributed by atoms with Crippen LogP contribution in [0.1, 0.15) is 46.9 Å². The molecule has 0 radical (unpaired) electrons. The van der Waals surface area contributed by atoms with Crippen molar-refractivity contribution in [3.63, 3.8) is 0 Å². The summed E-state index contributed by atoms with van der Waals surface area (Å²) in [5.41, 5.74) is 0.862. The van der Waals surface area contributed by atoms with Crippen molar-refractivity contribution in [2.45, 2.75) is 26.2 Å². The SMILES string of the molecule is CCC(=O)N1CCN(C(=O)CCCN2C(=O)c3ccccc3C2=O)CC1. The average molecular weight is 357 g/mol. The summed E-state index contributed by atoms with van der Waals surface area (Å²) in [6.07, 6.45) is 1.21. The summed E-state index contributed by atoms with van der Waals surface area (Å²) >= 11 is 0. The molecule has 2 aliphatic heterocycles. The number of hydrogen-bond donors (Lipinski definition) is 0. The van der Waals surface area contributed by atoms with E-state index in [1.807, 2.05) is 6.92 Å². The van der Waals surface area contributed by atoms with Crippen LogP contribution in [-0.2, 0) is 9.59 Å². The Morgan fingerprint density at radius 1 is 0.885 bits per heavy atom. The molecule has 0 spiro atoms. The third-order valence-electron chi connectivity index (χ3n) is 4.94. The molecule has 7 heteroatoms. The van der Waals surface area contributed by atoms with Crippen LogP contribution in [0.3, 0.4) is 0 Å². The molecule has 138 valence electrons. The van der Waals surface area contributed by atoms with Gasteiger partial charge in [0.15, 0.2) is 0 Å². The highest BCUT2D eigenvalue weighted by Gasteiger charge is 2.34. The maximum absolute atomic E-state index is 12.3. The zero-order chi connectivity index (χ0) is 18.7. The Balaban J connectivity index is 1.46. The minimum absolute atomic E-state index is 0.00482. The first-order valence-electron chi connectivity index (χ1n) is 9.03. The number of amides is 4. The highest BCUT2D eigenvalue weighted by Crippen LogP contribution is 2.22. The van der Waals surface area contributed by atoms with E-state index < -0.39 is 0 Å². The number of imide groups is 1. The second kappa shape index (κ2) is 7.68. The number of rotatable bonds is 5.